The Labute approximate surface area is 194 Å². The molecule has 0 bridgehead atoms. The minimum absolute atomic E-state index is 1.21. The van der Waals surface area contributed by atoms with Crippen molar-refractivity contribution in [2.45, 2.75) is 0 Å². The molecule has 0 aliphatic carbocycles. The van der Waals surface area contributed by atoms with Crippen LogP contribution in [0.3, 0.4) is 0 Å². The van der Waals surface area contributed by atoms with Gasteiger partial charge in [0.15, 0.2) is 0 Å². The zero-order valence-electron chi connectivity index (χ0n) is 18.4. The van der Waals surface area contributed by atoms with Gasteiger partial charge in [-0.3, -0.25) is 0 Å². The summed E-state index contributed by atoms with van der Waals surface area (Å²) in [5.41, 5.74) is 7.37. The van der Waals surface area contributed by atoms with E-state index in [4.69, 9.17) is 0 Å². The van der Waals surface area contributed by atoms with Crippen molar-refractivity contribution >= 4 is 33.5 Å². The maximum absolute atomic E-state index is 3.38. The van der Waals surface area contributed by atoms with Crippen molar-refractivity contribution in [3.05, 3.63) is 156 Å². The van der Waals surface area contributed by atoms with E-state index in [-0.39, 0.29) is 0 Å². The molecule has 0 aliphatic heterocycles. The van der Waals surface area contributed by atoms with Crippen LogP contribution < -0.4 is 0 Å². The second kappa shape index (κ2) is 9.84. The molecule has 1 heteroatoms. The molecule has 1 heterocycles. The summed E-state index contributed by atoms with van der Waals surface area (Å²) in [5.74, 6) is 0. The van der Waals surface area contributed by atoms with Crippen LogP contribution in [0.15, 0.2) is 140 Å². The predicted octanol–water partition coefficient (Wildman–Crippen LogP) is 8.60. The molecule has 33 heavy (non-hydrogen) atoms. The second-order valence-electron chi connectivity index (χ2n) is 7.92. The highest BCUT2D eigenvalue weighted by Crippen LogP contribution is 2.26. The lowest BCUT2D eigenvalue weighted by Crippen LogP contribution is -1.87. The molecule has 158 valence electrons. The first-order chi connectivity index (χ1) is 16.4. The molecule has 5 aromatic carbocycles. The highest BCUT2D eigenvalue weighted by atomic mass is 14.7. The third-order valence-corrected chi connectivity index (χ3v) is 5.69. The number of hydrogen-bond acceptors (Lipinski definition) is 0. The molecule has 6 aromatic rings. The van der Waals surface area contributed by atoms with Gasteiger partial charge in [0, 0.05) is 21.8 Å². The fourth-order valence-electron chi connectivity index (χ4n) is 4.08. The fourth-order valence-corrected chi connectivity index (χ4v) is 4.08. The van der Waals surface area contributed by atoms with Gasteiger partial charge < -0.3 is 4.98 Å². The van der Waals surface area contributed by atoms with Gasteiger partial charge in [-0.2, -0.15) is 0 Å². The Bertz CT molecular complexity index is 1390. The number of para-hydroxylation sites is 2. The number of rotatable bonds is 3. The smallest absolute Gasteiger partial charge is 0.0464 e. The Morgan fingerprint density at radius 3 is 1.30 bits per heavy atom. The highest BCUT2D eigenvalue weighted by molar-refractivity contribution is 6.07. The summed E-state index contributed by atoms with van der Waals surface area (Å²) in [6.07, 6.45) is 2.24. The predicted molar refractivity (Wildman–Crippen MR) is 142 cm³/mol. The number of fused-ring (bicyclic) bond motifs is 3. The van der Waals surface area contributed by atoms with Crippen LogP contribution in [0, 0.1) is 0 Å². The van der Waals surface area contributed by atoms with Crippen LogP contribution in [-0.2, 0) is 0 Å². The molecule has 0 fully saturated rings. The molecule has 0 spiro atoms. The van der Waals surface area contributed by atoms with Gasteiger partial charge in [0.2, 0.25) is 0 Å². The number of H-pyrrole nitrogens is 1. The number of benzene rings is 5. The standard InChI is InChI=1S/C20H16.C12H9N/c1-4-10-17(11-5-1)16-20(18-12-6-2-7-13-18)19-14-8-3-9-15-19;1-3-7-11-9(5-1)10-6-2-4-8-12(10)13-11/h1-16H;1-8,13H. The molecule has 0 radical (unpaired) electrons. The summed E-state index contributed by atoms with van der Waals surface area (Å²) in [6.45, 7) is 0. The first kappa shape index (κ1) is 20.5. The Hall–Kier alpha value is -4.36. The van der Waals surface area contributed by atoms with E-state index in [1.165, 1.54) is 44.1 Å². The van der Waals surface area contributed by atoms with Crippen LogP contribution in [0.2, 0.25) is 0 Å². The highest BCUT2D eigenvalue weighted by Gasteiger charge is 2.04. The SMILES string of the molecule is C(=C(c1ccccc1)c1ccccc1)c1ccccc1.c1ccc2c(c1)[nH]c1ccccc12. The maximum atomic E-state index is 3.38. The minimum Gasteiger partial charge on any atom is -0.355 e. The van der Waals surface area contributed by atoms with E-state index in [1.54, 1.807) is 0 Å². The van der Waals surface area contributed by atoms with Crippen molar-refractivity contribution in [1.82, 2.24) is 4.98 Å². The average Bonchev–Trinajstić information content (AvgIpc) is 3.28. The van der Waals surface area contributed by atoms with Crippen LogP contribution in [0.25, 0.3) is 33.5 Å². The molecule has 1 aromatic heterocycles. The molecule has 6 rings (SSSR count). The molecule has 0 unspecified atom stereocenters. The van der Waals surface area contributed by atoms with Gasteiger partial charge in [-0.15, -0.1) is 0 Å². The second-order valence-corrected chi connectivity index (χ2v) is 7.92. The van der Waals surface area contributed by atoms with Crippen molar-refractivity contribution in [1.29, 1.82) is 0 Å². The van der Waals surface area contributed by atoms with Gasteiger partial charge >= 0.3 is 0 Å². The normalized spacial score (nSPS) is 10.4. The number of hydrogen-bond donors (Lipinski definition) is 1. The lowest BCUT2D eigenvalue weighted by atomic mass is 9.96. The topological polar surface area (TPSA) is 15.8 Å². The van der Waals surface area contributed by atoms with Crippen molar-refractivity contribution in [2.24, 2.45) is 0 Å². The minimum atomic E-state index is 1.21. The number of nitrogens with one attached hydrogen (secondary N) is 1. The van der Waals surface area contributed by atoms with Crippen LogP contribution in [0.1, 0.15) is 16.7 Å². The van der Waals surface area contributed by atoms with Crippen LogP contribution >= 0.6 is 0 Å². The van der Waals surface area contributed by atoms with E-state index in [0.29, 0.717) is 0 Å². The quantitative estimate of drug-likeness (QED) is 0.274. The van der Waals surface area contributed by atoms with E-state index in [0.717, 1.165) is 0 Å². The van der Waals surface area contributed by atoms with Gasteiger partial charge in [-0.25, -0.2) is 0 Å². The zero-order chi connectivity index (χ0) is 22.3. The third-order valence-electron chi connectivity index (χ3n) is 5.69. The summed E-state index contributed by atoms with van der Waals surface area (Å²) in [7, 11) is 0. The zero-order valence-corrected chi connectivity index (χ0v) is 18.4. The van der Waals surface area contributed by atoms with Gasteiger partial charge in [-0.1, -0.05) is 127 Å². The molecule has 0 aliphatic rings. The fraction of sp³-hybridized carbons (Fsp3) is 0. The monoisotopic (exact) mass is 423 g/mol. The Morgan fingerprint density at radius 2 is 0.818 bits per heavy atom. The molecule has 1 nitrogen and oxygen atoms in total. The summed E-state index contributed by atoms with van der Waals surface area (Å²) in [5, 5.41) is 2.61. The molecule has 0 atom stereocenters. The lowest BCUT2D eigenvalue weighted by Gasteiger charge is -2.08. The van der Waals surface area contributed by atoms with Crippen molar-refractivity contribution in [3.63, 3.8) is 0 Å². The largest absolute Gasteiger partial charge is 0.355 e. The van der Waals surface area contributed by atoms with Gasteiger partial charge in [0.05, 0.1) is 0 Å². The van der Waals surface area contributed by atoms with Gasteiger partial charge in [0.1, 0.15) is 0 Å². The molecule has 1 N–H and O–H groups in total. The first-order valence-electron chi connectivity index (χ1n) is 11.2. The summed E-state index contributed by atoms with van der Waals surface area (Å²) < 4.78 is 0. The first-order valence-corrected chi connectivity index (χ1v) is 11.2. The van der Waals surface area contributed by atoms with E-state index in [1.807, 2.05) is 6.07 Å². The van der Waals surface area contributed by atoms with Crippen molar-refractivity contribution < 1.29 is 0 Å². The molecular formula is C32H25N. The lowest BCUT2D eigenvalue weighted by molar-refractivity contribution is 1.55. The third kappa shape index (κ3) is 4.78. The van der Waals surface area contributed by atoms with E-state index in [2.05, 4.69) is 145 Å². The molecule has 0 saturated heterocycles. The molecule has 0 amide bonds. The van der Waals surface area contributed by atoms with Gasteiger partial charge in [-0.05, 0) is 40.5 Å². The summed E-state index contributed by atoms with van der Waals surface area (Å²) >= 11 is 0. The summed E-state index contributed by atoms with van der Waals surface area (Å²) in [4.78, 5) is 3.38. The van der Waals surface area contributed by atoms with Crippen LogP contribution in [0.5, 0.6) is 0 Å². The molecular weight excluding hydrogens is 398 g/mol. The number of aromatic nitrogens is 1. The Morgan fingerprint density at radius 1 is 0.424 bits per heavy atom. The van der Waals surface area contributed by atoms with Crippen LogP contribution in [0.4, 0.5) is 0 Å². The van der Waals surface area contributed by atoms with Gasteiger partial charge in [0.25, 0.3) is 0 Å². The van der Waals surface area contributed by atoms with Crippen molar-refractivity contribution in [2.75, 3.05) is 0 Å². The Balaban J connectivity index is 0.000000151. The van der Waals surface area contributed by atoms with E-state index >= 15 is 0 Å². The molecule has 0 saturated carbocycles. The van der Waals surface area contributed by atoms with E-state index < -0.39 is 0 Å². The maximum Gasteiger partial charge on any atom is 0.0464 e. The Kier molecular flexibility index (Phi) is 6.13. The van der Waals surface area contributed by atoms with Crippen molar-refractivity contribution in [3.8, 4) is 0 Å². The summed E-state index contributed by atoms with van der Waals surface area (Å²) in [6, 6.07) is 48.2. The van der Waals surface area contributed by atoms with E-state index in [9.17, 15) is 0 Å². The van der Waals surface area contributed by atoms with Crippen LogP contribution in [-0.4, -0.2) is 4.98 Å². The number of aromatic amines is 1. The average molecular weight is 424 g/mol.